The smallest absolute Gasteiger partial charge is 0.222 e. The zero-order chi connectivity index (χ0) is 18.2. The number of aryl methyl sites for hydroxylation is 1. The van der Waals surface area contributed by atoms with Crippen LogP contribution in [0.5, 0.6) is 0 Å². The van der Waals surface area contributed by atoms with E-state index in [0.717, 1.165) is 31.7 Å². The Morgan fingerprint density at radius 1 is 1.28 bits per heavy atom. The molecule has 0 spiro atoms. The number of carbonyl (C=O) groups excluding carboxylic acids is 1. The molecule has 1 heterocycles. The van der Waals surface area contributed by atoms with Crippen molar-refractivity contribution < 1.29 is 9.90 Å². The zero-order valence-electron chi connectivity index (χ0n) is 15.2. The van der Waals surface area contributed by atoms with Gasteiger partial charge in [-0.2, -0.15) is 5.26 Å². The summed E-state index contributed by atoms with van der Waals surface area (Å²) < 4.78 is 0. The lowest BCUT2D eigenvalue weighted by Gasteiger charge is -2.34. The van der Waals surface area contributed by atoms with Crippen LogP contribution < -0.4 is 0 Å². The minimum atomic E-state index is -0.521. The quantitative estimate of drug-likeness (QED) is 0.782. The fourth-order valence-corrected chi connectivity index (χ4v) is 2.99. The minimum Gasteiger partial charge on any atom is -0.390 e. The molecule has 1 aromatic rings. The van der Waals surface area contributed by atoms with E-state index >= 15 is 0 Å². The van der Waals surface area contributed by atoms with Gasteiger partial charge in [0.1, 0.15) is 0 Å². The number of carbonyl (C=O) groups is 1. The van der Waals surface area contributed by atoms with E-state index in [-0.39, 0.29) is 5.91 Å². The van der Waals surface area contributed by atoms with Crippen LogP contribution in [0.1, 0.15) is 17.5 Å². The summed E-state index contributed by atoms with van der Waals surface area (Å²) in [6.07, 6.45) is 0.528. The lowest BCUT2D eigenvalue weighted by molar-refractivity contribution is -0.131. The van der Waals surface area contributed by atoms with Crippen LogP contribution in [0.15, 0.2) is 24.3 Å². The molecular formula is C19H28N4O2. The number of aliphatic hydroxyl groups excluding tert-OH is 1. The zero-order valence-corrected chi connectivity index (χ0v) is 15.2. The molecule has 1 aromatic carbocycles. The molecule has 1 amide bonds. The van der Waals surface area contributed by atoms with Crippen LogP contribution in [0.4, 0.5) is 0 Å². The summed E-state index contributed by atoms with van der Waals surface area (Å²) in [5.41, 5.74) is 1.66. The Morgan fingerprint density at radius 2 is 1.92 bits per heavy atom. The SMILES string of the molecule is CN1CCN(CC(O)CN(C)C(=O)CCc2ccc(C#N)cc2)CC1. The molecule has 25 heavy (non-hydrogen) atoms. The van der Waals surface area contributed by atoms with E-state index in [1.54, 1.807) is 24.1 Å². The Morgan fingerprint density at radius 3 is 2.52 bits per heavy atom. The van der Waals surface area contributed by atoms with Crippen LogP contribution in [-0.4, -0.2) is 85.2 Å². The molecule has 1 fully saturated rings. The molecule has 6 nitrogen and oxygen atoms in total. The van der Waals surface area contributed by atoms with Crippen molar-refractivity contribution in [2.24, 2.45) is 0 Å². The van der Waals surface area contributed by atoms with Gasteiger partial charge in [0.25, 0.3) is 0 Å². The highest BCUT2D eigenvalue weighted by atomic mass is 16.3. The van der Waals surface area contributed by atoms with E-state index in [4.69, 9.17) is 5.26 Å². The molecule has 0 bridgehead atoms. The molecule has 136 valence electrons. The van der Waals surface area contributed by atoms with Gasteiger partial charge in [-0.3, -0.25) is 9.69 Å². The highest BCUT2D eigenvalue weighted by molar-refractivity contribution is 5.76. The van der Waals surface area contributed by atoms with Crippen LogP contribution in [-0.2, 0) is 11.2 Å². The largest absolute Gasteiger partial charge is 0.390 e. The lowest BCUT2D eigenvalue weighted by atomic mass is 10.1. The second kappa shape index (κ2) is 9.52. The first-order valence-electron chi connectivity index (χ1n) is 8.80. The molecule has 0 aromatic heterocycles. The van der Waals surface area contributed by atoms with Crippen molar-refractivity contribution in [2.45, 2.75) is 18.9 Å². The molecule has 1 atom stereocenters. The average Bonchev–Trinajstić information content (AvgIpc) is 2.62. The van der Waals surface area contributed by atoms with Crippen molar-refractivity contribution in [3.8, 4) is 6.07 Å². The van der Waals surface area contributed by atoms with Gasteiger partial charge < -0.3 is 14.9 Å². The van der Waals surface area contributed by atoms with Gasteiger partial charge in [0, 0.05) is 52.7 Å². The van der Waals surface area contributed by atoms with E-state index in [1.165, 1.54) is 0 Å². The highest BCUT2D eigenvalue weighted by Crippen LogP contribution is 2.08. The van der Waals surface area contributed by atoms with Crippen molar-refractivity contribution in [2.75, 3.05) is 53.4 Å². The summed E-state index contributed by atoms with van der Waals surface area (Å²) in [4.78, 5) is 18.4. The average molecular weight is 344 g/mol. The van der Waals surface area contributed by atoms with Gasteiger partial charge in [0.15, 0.2) is 0 Å². The van der Waals surface area contributed by atoms with E-state index in [0.29, 0.717) is 31.5 Å². The van der Waals surface area contributed by atoms with E-state index in [1.807, 2.05) is 12.1 Å². The molecule has 1 N–H and O–H groups in total. The van der Waals surface area contributed by atoms with Gasteiger partial charge in [0.2, 0.25) is 5.91 Å². The summed E-state index contributed by atoms with van der Waals surface area (Å²) >= 11 is 0. The van der Waals surface area contributed by atoms with Crippen molar-refractivity contribution in [3.63, 3.8) is 0 Å². The van der Waals surface area contributed by atoms with Gasteiger partial charge in [-0.1, -0.05) is 12.1 Å². The van der Waals surface area contributed by atoms with Crippen molar-refractivity contribution in [1.82, 2.24) is 14.7 Å². The maximum atomic E-state index is 12.3. The highest BCUT2D eigenvalue weighted by Gasteiger charge is 2.19. The molecule has 2 rings (SSSR count). The van der Waals surface area contributed by atoms with Crippen LogP contribution in [0.3, 0.4) is 0 Å². The monoisotopic (exact) mass is 344 g/mol. The first-order chi connectivity index (χ1) is 12.0. The third-order valence-corrected chi connectivity index (χ3v) is 4.69. The number of aliphatic hydroxyl groups is 1. The summed E-state index contributed by atoms with van der Waals surface area (Å²) in [7, 11) is 3.85. The number of piperazine rings is 1. The molecule has 0 radical (unpaired) electrons. The molecule has 6 heteroatoms. The maximum absolute atomic E-state index is 12.3. The van der Waals surface area contributed by atoms with Crippen LogP contribution in [0, 0.1) is 11.3 Å². The standard InChI is InChI=1S/C19H28N4O2/c1-21-9-11-23(12-10-21)15-18(24)14-22(2)19(25)8-7-16-3-5-17(13-20)6-4-16/h3-6,18,24H,7-12,14-15H2,1-2H3. The Hall–Kier alpha value is -1.94. The number of rotatable bonds is 7. The van der Waals surface area contributed by atoms with E-state index < -0.39 is 6.10 Å². The van der Waals surface area contributed by atoms with Crippen LogP contribution in [0.25, 0.3) is 0 Å². The Bertz CT molecular complexity index is 588. The van der Waals surface area contributed by atoms with Gasteiger partial charge in [-0.25, -0.2) is 0 Å². The molecule has 1 aliphatic rings. The van der Waals surface area contributed by atoms with Gasteiger partial charge in [-0.05, 0) is 31.2 Å². The van der Waals surface area contributed by atoms with Crippen LogP contribution >= 0.6 is 0 Å². The molecule has 1 unspecified atom stereocenters. The summed E-state index contributed by atoms with van der Waals surface area (Å²) in [5, 5.41) is 19.0. The van der Waals surface area contributed by atoms with Gasteiger partial charge >= 0.3 is 0 Å². The topological polar surface area (TPSA) is 70.8 Å². The number of nitriles is 1. The first-order valence-corrected chi connectivity index (χ1v) is 8.80. The van der Waals surface area contributed by atoms with Crippen LogP contribution in [0.2, 0.25) is 0 Å². The second-order valence-electron chi connectivity index (χ2n) is 6.84. The number of benzene rings is 1. The Kier molecular flexibility index (Phi) is 7.38. The Balaban J connectivity index is 1.70. The van der Waals surface area contributed by atoms with Crippen molar-refractivity contribution in [3.05, 3.63) is 35.4 Å². The fourth-order valence-electron chi connectivity index (χ4n) is 2.99. The predicted molar refractivity (Wildman–Crippen MR) is 97.1 cm³/mol. The number of hydrogen-bond donors (Lipinski definition) is 1. The second-order valence-corrected chi connectivity index (χ2v) is 6.84. The molecule has 1 aliphatic heterocycles. The summed E-state index contributed by atoms with van der Waals surface area (Å²) in [5.74, 6) is 0.0294. The predicted octanol–water partition coefficient (Wildman–Crippen LogP) is 0.558. The molecular weight excluding hydrogens is 316 g/mol. The first kappa shape index (κ1) is 19.4. The number of β-amino-alcohol motifs (C(OH)–C–C–N with tert-alkyl or cyclic N) is 1. The normalized spacial score (nSPS) is 17.0. The summed E-state index contributed by atoms with van der Waals surface area (Å²) in [6.45, 7) is 4.94. The van der Waals surface area contributed by atoms with Gasteiger partial charge in [0.05, 0.1) is 17.7 Å². The molecule has 0 aliphatic carbocycles. The van der Waals surface area contributed by atoms with E-state index in [2.05, 4.69) is 22.9 Å². The lowest BCUT2D eigenvalue weighted by Crippen LogP contribution is -2.49. The summed E-state index contributed by atoms with van der Waals surface area (Å²) in [6, 6.07) is 9.39. The van der Waals surface area contributed by atoms with Gasteiger partial charge in [-0.15, -0.1) is 0 Å². The molecule has 1 saturated heterocycles. The minimum absolute atomic E-state index is 0.0294. The number of hydrogen-bond acceptors (Lipinski definition) is 5. The number of nitrogens with zero attached hydrogens (tertiary/aromatic N) is 4. The van der Waals surface area contributed by atoms with Crippen molar-refractivity contribution >= 4 is 5.91 Å². The maximum Gasteiger partial charge on any atom is 0.222 e. The number of amides is 1. The number of likely N-dealkylation sites (N-methyl/N-ethyl adjacent to an activating group) is 2. The Labute approximate surface area is 150 Å². The fraction of sp³-hybridized carbons (Fsp3) is 0.579. The third-order valence-electron chi connectivity index (χ3n) is 4.69. The van der Waals surface area contributed by atoms with Crippen molar-refractivity contribution in [1.29, 1.82) is 5.26 Å². The molecule has 0 saturated carbocycles. The third kappa shape index (κ3) is 6.46. The van der Waals surface area contributed by atoms with E-state index in [9.17, 15) is 9.90 Å².